The zero-order valence-corrected chi connectivity index (χ0v) is 27.3. The Bertz CT molecular complexity index is 1990. The maximum atomic E-state index is 3.83. The van der Waals surface area contributed by atoms with Crippen molar-refractivity contribution in [3.63, 3.8) is 0 Å². The summed E-state index contributed by atoms with van der Waals surface area (Å²) in [5.74, 6) is 0. The molecule has 216 valence electrons. The fraction of sp³-hybridized carbons (Fsp3) is 0.143. The molecule has 0 spiro atoms. The van der Waals surface area contributed by atoms with E-state index < -0.39 is 0 Å². The molecule has 0 unspecified atom stereocenters. The quantitative estimate of drug-likeness (QED) is 0.172. The average Bonchev–Trinajstić information content (AvgIpc) is 3.39. The Labute approximate surface area is 268 Å². The van der Waals surface area contributed by atoms with Crippen LogP contribution >= 0.6 is 15.9 Å². The lowest BCUT2D eigenvalue weighted by atomic mass is 9.77. The fourth-order valence-corrected chi connectivity index (χ4v) is 7.09. The number of fused-ring (bicyclic) bond motifs is 3. The van der Waals surface area contributed by atoms with E-state index in [0.29, 0.717) is 0 Å². The summed E-state index contributed by atoms with van der Waals surface area (Å²) in [4.78, 5) is 0. The third-order valence-corrected chi connectivity index (χ3v) is 10.2. The molecule has 0 N–H and O–H groups in total. The van der Waals surface area contributed by atoms with Gasteiger partial charge < -0.3 is 4.57 Å². The molecule has 6 aromatic carbocycles. The van der Waals surface area contributed by atoms with Gasteiger partial charge in [0.25, 0.3) is 0 Å². The molecular formula is C42H36BrN. The molecule has 1 nitrogen and oxygen atoms in total. The Balaban J connectivity index is 1.49. The summed E-state index contributed by atoms with van der Waals surface area (Å²) in [6.07, 6.45) is 0. The lowest BCUT2D eigenvalue weighted by Gasteiger charge is -2.27. The van der Waals surface area contributed by atoms with E-state index in [1.807, 2.05) is 0 Å². The first-order chi connectivity index (χ1) is 21.2. The molecule has 0 aliphatic carbocycles. The Morgan fingerprint density at radius 3 is 1.39 bits per heavy atom. The molecule has 1 aromatic heterocycles. The van der Waals surface area contributed by atoms with Crippen LogP contribution in [0.2, 0.25) is 0 Å². The second-order valence-corrected chi connectivity index (χ2v) is 13.7. The van der Waals surface area contributed by atoms with Crippen LogP contribution in [0.25, 0.3) is 38.6 Å². The number of halogens is 1. The molecule has 0 radical (unpaired) electrons. The van der Waals surface area contributed by atoms with Gasteiger partial charge in [-0.05, 0) is 75.8 Å². The van der Waals surface area contributed by atoms with Crippen molar-refractivity contribution in [2.24, 2.45) is 0 Å². The summed E-state index contributed by atoms with van der Waals surface area (Å²) in [5.41, 5.74) is 10.9. The fourth-order valence-electron chi connectivity index (χ4n) is 6.61. The van der Waals surface area contributed by atoms with Crippen molar-refractivity contribution >= 4 is 37.7 Å². The van der Waals surface area contributed by atoms with Gasteiger partial charge in [-0.3, -0.25) is 0 Å². The second-order valence-electron chi connectivity index (χ2n) is 12.8. The topological polar surface area (TPSA) is 4.93 Å². The standard InChI is InChI=1S/C42H36BrN/c1-41(2,30-16-10-6-11-17-30)32-20-24-39-36(26-32)37-27-33(42(3,4)31-18-12-7-13-19-31)21-25-40(37)44(39)34-22-23-38(43)35(28-34)29-14-8-5-9-15-29/h5-28H,1-4H3. The van der Waals surface area contributed by atoms with Crippen LogP contribution in [0.15, 0.2) is 150 Å². The highest BCUT2D eigenvalue weighted by atomic mass is 79.9. The largest absolute Gasteiger partial charge is 0.309 e. The molecule has 0 bridgehead atoms. The van der Waals surface area contributed by atoms with Gasteiger partial charge in [0.05, 0.1) is 11.0 Å². The van der Waals surface area contributed by atoms with E-state index in [2.05, 4.69) is 194 Å². The van der Waals surface area contributed by atoms with Crippen molar-refractivity contribution in [3.8, 4) is 16.8 Å². The molecule has 0 amide bonds. The van der Waals surface area contributed by atoms with E-state index >= 15 is 0 Å². The van der Waals surface area contributed by atoms with Crippen molar-refractivity contribution in [2.45, 2.75) is 38.5 Å². The number of aromatic nitrogens is 1. The van der Waals surface area contributed by atoms with E-state index in [0.717, 1.165) is 10.2 Å². The highest BCUT2D eigenvalue weighted by molar-refractivity contribution is 9.10. The second kappa shape index (κ2) is 10.9. The Kier molecular flexibility index (Phi) is 7.06. The minimum atomic E-state index is -0.136. The van der Waals surface area contributed by atoms with Gasteiger partial charge in [-0.15, -0.1) is 0 Å². The summed E-state index contributed by atoms with van der Waals surface area (Å²) in [6, 6.07) is 53.1. The number of rotatable bonds is 6. The van der Waals surface area contributed by atoms with Crippen LogP contribution in [-0.4, -0.2) is 4.57 Å². The van der Waals surface area contributed by atoms with Crippen molar-refractivity contribution in [2.75, 3.05) is 0 Å². The van der Waals surface area contributed by atoms with Crippen LogP contribution in [0, 0.1) is 0 Å². The summed E-state index contributed by atoms with van der Waals surface area (Å²) in [6.45, 7) is 9.31. The van der Waals surface area contributed by atoms with E-state index in [9.17, 15) is 0 Å². The van der Waals surface area contributed by atoms with Crippen LogP contribution in [0.1, 0.15) is 49.9 Å². The average molecular weight is 635 g/mol. The molecule has 0 saturated carbocycles. The van der Waals surface area contributed by atoms with Gasteiger partial charge in [-0.25, -0.2) is 0 Å². The summed E-state index contributed by atoms with van der Waals surface area (Å²) in [5, 5.41) is 2.55. The van der Waals surface area contributed by atoms with Gasteiger partial charge in [-0.2, -0.15) is 0 Å². The molecule has 1 heterocycles. The molecule has 0 atom stereocenters. The Morgan fingerprint density at radius 2 is 0.909 bits per heavy atom. The normalized spacial score (nSPS) is 12.2. The van der Waals surface area contributed by atoms with Gasteiger partial charge in [0.1, 0.15) is 0 Å². The van der Waals surface area contributed by atoms with Crippen LogP contribution in [0.4, 0.5) is 0 Å². The third kappa shape index (κ3) is 4.78. The number of hydrogen-bond acceptors (Lipinski definition) is 0. The highest BCUT2D eigenvalue weighted by Gasteiger charge is 2.27. The Hall–Kier alpha value is -4.40. The smallest absolute Gasteiger partial charge is 0.0541 e. The van der Waals surface area contributed by atoms with Crippen LogP contribution in [0.5, 0.6) is 0 Å². The molecule has 0 saturated heterocycles. The zero-order valence-electron chi connectivity index (χ0n) is 25.7. The number of hydrogen-bond donors (Lipinski definition) is 0. The summed E-state index contributed by atoms with van der Waals surface area (Å²) < 4.78 is 3.52. The minimum Gasteiger partial charge on any atom is -0.309 e. The molecule has 0 fully saturated rings. The molecule has 0 aliphatic heterocycles. The lowest BCUT2D eigenvalue weighted by molar-refractivity contribution is 0.641. The van der Waals surface area contributed by atoms with Gasteiger partial charge in [-0.1, -0.05) is 147 Å². The molecule has 7 rings (SSSR count). The van der Waals surface area contributed by atoms with Crippen molar-refractivity contribution in [1.82, 2.24) is 4.57 Å². The van der Waals surface area contributed by atoms with Crippen LogP contribution in [-0.2, 0) is 10.8 Å². The summed E-state index contributed by atoms with van der Waals surface area (Å²) in [7, 11) is 0. The van der Waals surface area contributed by atoms with Gasteiger partial charge >= 0.3 is 0 Å². The van der Waals surface area contributed by atoms with Gasteiger partial charge in [0.15, 0.2) is 0 Å². The minimum absolute atomic E-state index is 0.136. The molecule has 7 aromatic rings. The molecule has 0 aliphatic rings. The van der Waals surface area contributed by atoms with Crippen molar-refractivity contribution in [1.29, 1.82) is 0 Å². The predicted molar refractivity (Wildman–Crippen MR) is 191 cm³/mol. The van der Waals surface area contributed by atoms with E-state index in [1.165, 1.54) is 55.2 Å². The zero-order chi connectivity index (χ0) is 30.5. The third-order valence-electron chi connectivity index (χ3n) is 9.49. The highest BCUT2D eigenvalue weighted by Crippen LogP contribution is 2.41. The monoisotopic (exact) mass is 633 g/mol. The Morgan fingerprint density at radius 1 is 0.455 bits per heavy atom. The van der Waals surface area contributed by atoms with E-state index in [1.54, 1.807) is 0 Å². The van der Waals surface area contributed by atoms with Crippen LogP contribution in [0.3, 0.4) is 0 Å². The summed E-state index contributed by atoms with van der Waals surface area (Å²) >= 11 is 3.83. The lowest BCUT2D eigenvalue weighted by Crippen LogP contribution is -2.18. The molecule has 44 heavy (non-hydrogen) atoms. The van der Waals surface area contributed by atoms with E-state index in [4.69, 9.17) is 0 Å². The van der Waals surface area contributed by atoms with Crippen molar-refractivity contribution < 1.29 is 0 Å². The van der Waals surface area contributed by atoms with Crippen LogP contribution < -0.4 is 0 Å². The first-order valence-electron chi connectivity index (χ1n) is 15.3. The first kappa shape index (κ1) is 28.4. The maximum Gasteiger partial charge on any atom is 0.0541 e. The van der Waals surface area contributed by atoms with E-state index in [-0.39, 0.29) is 10.8 Å². The van der Waals surface area contributed by atoms with Gasteiger partial charge in [0.2, 0.25) is 0 Å². The number of benzene rings is 6. The van der Waals surface area contributed by atoms with Gasteiger partial charge in [0, 0.05) is 31.8 Å². The number of nitrogens with zero attached hydrogens (tertiary/aromatic N) is 1. The predicted octanol–water partition coefficient (Wildman–Crippen LogP) is 11.9. The van der Waals surface area contributed by atoms with Crippen molar-refractivity contribution in [3.05, 3.63) is 172 Å². The molecular weight excluding hydrogens is 598 g/mol. The SMILES string of the molecule is CC(C)(c1ccccc1)c1ccc2c(c1)c1cc(C(C)(C)c3ccccc3)ccc1n2-c1ccc(Br)c(-c2ccccc2)c1. The first-order valence-corrected chi connectivity index (χ1v) is 16.1. The molecule has 2 heteroatoms. The maximum absolute atomic E-state index is 3.83.